The highest BCUT2D eigenvalue weighted by Crippen LogP contribution is 2.32. The fourth-order valence-corrected chi connectivity index (χ4v) is 5.74. The predicted octanol–water partition coefficient (Wildman–Crippen LogP) is -3.13. The molecule has 6 unspecified atom stereocenters. The highest BCUT2D eigenvalue weighted by Gasteiger charge is 2.47. The van der Waals surface area contributed by atoms with Crippen molar-refractivity contribution >= 4 is 0 Å². The van der Waals surface area contributed by atoms with Gasteiger partial charge >= 0.3 is 0 Å². The van der Waals surface area contributed by atoms with Crippen molar-refractivity contribution in [3.05, 3.63) is 0 Å². The van der Waals surface area contributed by atoms with Gasteiger partial charge in [-0.1, -0.05) is 13.8 Å². The summed E-state index contributed by atoms with van der Waals surface area (Å²) in [5, 5.41) is 72.4. The third kappa shape index (κ3) is 7.68. The smallest absolute Gasteiger partial charge is 0.186 e. The maximum Gasteiger partial charge on any atom is 0.186 e. The average Bonchev–Trinajstić information content (AvgIpc) is 2.95. The van der Waals surface area contributed by atoms with Crippen LogP contribution in [0.2, 0.25) is 0 Å². The van der Waals surface area contributed by atoms with E-state index in [0.717, 1.165) is 0 Å². The molecule has 14 nitrogen and oxygen atoms in total. The lowest BCUT2D eigenvalue weighted by Gasteiger charge is -2.44. The number of aliphatic hydroxyl groups is 7. The quantitative estimate of drug-likeness (QED) is 0.114. The number of hydrogen-bond acceptors (Lipinski definition) is 14. The monoisotopic (exact) mass is 584 g/mol. The van der Waals surface area contributed by atoms with E-state index in [1.54, 1.807) is 7.11 Å². The molecule has 0 aromatic carbocycles. The van der Waals surface area contributed by atoms with Crippen LogP contribution in [-0.4, -0.2) is 164 Å². The molecule has 0 aliphatic carbocycles. The van der Waals surface area contributed by atoms with Crippen LogP contribution in [0.3, 0.4) is 0 Å². The van der Waals surface area contributed by atoms with E-state index in [2.05, 4.69) is 0 Å². The van der Waals surface area contributed by atoms with Gasteiger partial charge in [-0.2, -0.15) is 0 Å². The number of aliphatic hydroxyl groups excluding tert-OH is 7. The second-order valence-electron chi connectivity index (χ2n) is 11.1. The molecule has 3 fully saturated rings. The number of rotatable bonds is 13. The first-order chi connectivity index (χ1) is 19.1. The van der Waals surface area contributed by atoms with E-state index < -0.39 is 86.3 Å². The molecule has 3 aliphatic rings. The number of methoxy groups -OCH3 is 2. The Kier molecular flexibility index (Phi) is 13.4. The van der Waals surface area contributed by atoms with Crippen molar-refractivity contribution in [3.63, 3.8) is 0 Å². The summed E-state index contributed by atoms with van der Waals surface area (Å²) < 4.78 is 38.9. The normalized spacial score (nSPS) is 46.4. The van der Waals surface area contributed by atoms with Gasteiger partial charge in [-0.15, -0.1) is 0 Å². The topological polar surface area (TPSA) is 206 Å². The van der Waals surface area contributed by atoms with E-state index in [0.29, 0.717) is 6.61 Å². The van der Waals surface area contributed by atoms with Crippen molar-refractivity contribution in [2.24, 2.45) is 23.7 Å². The molecule has 0 amide bonds. The highest BCUT2D eigenvalue weighted by atomic mass is 16.7. The van der Waals surface area contributed by atoms with Gasteiger partial charge in [0.05, 0.1) is 82.9 Å². The molecule has 7 N–H and O–H groups in total. The zero-order valence-corrected chi connectivity index (χ0v) is 23.6. The maximum atomic E-state index is 10.8. The molecule has 236 valence electrons. The molecule has 15 atom stereocenters. The summed E-state index contributed by atoms with van der Waals surface area (Å²) in [4.78, 5) is 0. The summed E-state index contributed by atoms with van der Waals surface area (Å²) >= 11 is 0. The predicted molar refractivity (Wildman–Crippen MR) is 136 cm³/mol. The van der Waals surface area contributed by atoms with Gasteiger partial charge in [0, 0.05) is 26.1 Å². The Labute approximate surface area is 234 Å². The van der Waals surface area contributed by atoms with Crippen molar-refractivity contribution in [1.29, 1.82) is 0 Å². The Morgan fingerprint density at radius 1 is 0.525 bits per heavy atom. The molecule has 0 saturated carbocycles. The average molecular weight is 585 g/mol. The SMILES string of the molecule is COCC1O[C@H](COC[C@@H]2C(CO)O[C@H](COC[C@@H]3C(CO)O[C@H](OC)C(O)[C@H]3O)C(O)[C@H]2O)C(O)[C@@H](C)[C@@H]1C. The van der Waals surface area contributed by atoms with Gasteiger partial charge in [-0.25, -0.2) is 0 Å². The summed E-state index contributed by atoms with van der Waals surface area (Å²) in [6, 6.07) is 0. The lowest BCUT2D eigenvalue weighted by molar-refractivity contribution is -0.289. The summed E-state index contributed by atoms with van der Waals surface area (Å²) in [6.45, 7) is 3.05. The Balaban J connectivity index is 1.51. The minimum Gasteiger partial charge on any atom is -0.394 e. The Hall–Kier alpha value is -0.560. The Bertz CT molecular complexity index is 728. The summed E-state index contributed by atoms with van der Waals surface area (Å²) in [5.41, 5.74) is 0. The highest BCUT2D eigenvalue weighted by molar-refractivity contribution is 4.93. The van der Waals surface area contributed by atoms with Gasteiger partial charge in [-0.3, -0.25) is 0 Å². The molecule has 0 aromatic heterocycles. The van der Waals surface area contributed by atoms with Crippen molar-refractivity contribution in [2.45, 2.75) is 81.2 Å². The van der Waals surface area contributed by atoms with Crippen LogP contribution in [0.15, 0.2) is 0 Å². The zero-order valence-electron chi connectivity index (χ0n) is 23.6. The first-order valence-corrected chi connectivity index (χ1v) is 13.8. The maximum absolute atomic E-state index is 10.8. The molecule has 3 heterocycles. The van der Waals surface area contributed by atoms with E-state index >= 15 is 0 Å². The third-order valence-corrected chi connectivity index (χ3v) is 8.64. The Morgan fingerprint density at radius 2 is 1.02 bits per heavy atom. The molecular formula is C26H48O14. The van der Waals surface area contributed by atoms with E-state index in [4.69, 9.17) is 33.2 Å². The van der Waals surface area contributed by atoms with Gasteiger partial charge in [0.15, 0.2) is 6.29 Å². The van der Waals surface area contributed by atoms with Crippen molar-refractivity contribution < 1.29 is 68.9 Å². The lowest BCUT2D eigenvalue weighted by atomic mass is 9.81. The second kappa shape index (κ2) is 15.8. The van der Waals surface area contributed by atoms with Crippen molar-refractivity contribution in [1.82, 2.24) is 0 Å². The van der Waals surface area contributed by atoms with Crippen LogP contribution in [0.5, 0.6) is 0 Å². The van der Waals surface area contributed by atoms with E-state index in [1.165, 1.54) is 7.11 Å². The van der Waals surface area contributed by atoms with Gasteiger partial charge in [-0.05, 0) is 11.8 Å². The molecular weight excluding hydrogens is 536 g/mol. The van der Waals surface area contributed by atoms with E-state index in [-0.39, 0.29) is 44.4 Å². The summed E-state index contributed by atoms with van der Waals surface area (Å²) in [5.74, 6) is -1.52. The number of ether oxygens (including phenoxy) is 7. The van der Waals surface area contributed by atoms with E-state index in [9.17, 15) is 35.7 Å². The first kappa shape index (κ1) is 33.9. The van der Waals surface area contributed by atoms with Gasteiger partial charge in [0.1, 0.15) is 24.4 Å². The van der Waals surface area contributed by atoms with E-state index in [1.807, 2.05) is 13.8 Å². The van der Waals surface area contributed by atoms with Gasteiger partial charge in [0.25, 0.3) is 0 Å². The van der Waals surface area contributed by atoms with Gasteiger partial charge in [0.2, 0.25) is 0 Å². The van der Waals surface area contributed by atoms with Crippen molar-refractivity contribution in [2.75, 3.05) is 60.5 Å². The zero-order chi connectivity index (χ0) is 29.6. The third-order valence-electron chi connectivity index (χ3n) is 8.64. The van der Waals surface area contributed by atoms with Crippen LogP contribution in [0.25, 0.3) is 0 Å². The molecule has 3 saturated heterocycles. The van der Waals surface area contributed by atoms with Crippen molar-refractivity contribution in [3.8, 4) is 0 Å². The van der Waals surface area contributed by atoms with Crippen LogP contribution in [0, 0.1) is 23.7 Å². The summed E-state index contributed by atoms with van der Waals surface area (Å²) in [6.07, 6.45) is -10.7. The first-order valence-electron chi connectivity index (χ1n) is 13.8. The minimum atomic E-state index is -1.37. The largest absolute Gasteiger partial charge is 0.394 e. The standard InChI is InChI=1S/C26H48O14/c1-12-13(2)21(29)19(39-18(12)9-34-3)10-36-7-14-16(5-27)38-20(24(32)22(14)30)11-37-8-15-17(6-28)40-26(35-4)25(33)23(15)31/h12-33H,5-11H2,1-4H3/t12-,13-,14+,15+,16?,17?,18?,19+,20+,21?,22-,23-,24?,25?,26-/m0/s1. The molecule has 0 radical (unpaired) electrons. The Morgan fingerprint density at radius 3 is 1.55 bits per heavy atom. The molecule has 14 heteroatoms. The molecule has 0 spiro atoms. The van der Waals surface area contributed by atoms with Crippen LogP contribution in [-0.2, 0) is 33.2 Å². The van der Waals surface area contributed by atoms with Crippen LogP contribution >= 0.6 is 0 Å². The van der Waals surface area contributed by atoms with Crippen LogP contribution in [0.1, 0.15) is 13.8 Å². The summed E-state index contributed by atoms with van der Waals surface area (Å²) in [7, 11) is 2.89. The van der Waals surface area contributed by atoms with Crippen LogP contribution < -0.4 is 0 Å². The molecule has 0 bridgehead atoms. The second-order valence-corrected chi connectivity index (χ2v) is 11.1. The molecule has 3 aliphatic heterocycles. The fourth-order valence-electron chi connectivity index (χ4n) is 5.74. The fraction of sp³-hybridized carbons (Fsp3) is 1.00. The van der Waals surface area contributed by atoms with Crippen LogP contribution in [0.4, 0.5) is 0 Å². The van der Waals surface area contributed by atoms with Gasteiger partial charge < -0.3 is 68.9 Å². The molecule has 3 rings (SSSR count). The lowest BCUT2D eigenvalue weighted by Crippen LogP contribution is -2.59. The molecule has 40 heavy (non-hydrogen) atoms. The molecule has 0 aromatic rings. The number of hydrogen-bond donors (Lipinski definition) is 7. The minimum absolute atomic E-state index is 0.0377.